The van der Waals surface area contributed by atoms with Crippen LogP contribution in [-0.2, 0) is 21.4 Å². The van der Waals surface area contributed by atoms with Crippen LogP contribution in [0.2, 0.25) is 0 Å². The summed E-state index contributed by atoms with van der Waals surface area (Å²) in [4.78, 5) is 18.4. The molecule has 2 aromatic rings. The van der Waals surface area contributed by atoms with E-state index < -0.39 is 6.04 Å². The molecule has 0 bridgehead atoms. The zero-order chi connectivity index (χ0) is 23.8. The number of rotatable bonds is 7. The van der Waals surface area contributed by atoms with Gasteiger partial charge in [-0.05, 0) is 47.8 Å². The Bertz CT molecular complexity index is 908. The fourth-order valence-corrected chi connectivity index (χ4v) is 6.06. The van der Waals surface area contributed by atoms with E-state index in [1.54, 1.807) is 23.5 Å². The van der Waals surface area contributed by atoms with E-state index in [4.69, 9.17) is 9.73 Å². The molecule has 0 aromatic heterocycles. The topological polar surface area (TPSA) is 38.7 Å². The van der Waals surface area contributed by atoms with Gasteiger partial charge in [-0.25, -0.2) is 4.79 Å². The zero-order valence-electron chi connectivity index (χ0n) is 20.5. The molecule has 0 unspecified atom stereocenters. The van der Waals surface area contributed by atoms with Crippen LogP contribution in [0.4, 0.5) is 0 Å². The maximum absolute atomic E-state index is 13.6. The van der Waals surface area contributed by atoms with Crippen LogP contribution in [0.5, 0.6) is 0 Å². The number of aliphatic imine (C=N–C) groups is 1. The van der Waals surface area contributed by atoms with Crippen molar-refractivity contribution in [1.29, 1.82) is 0 Å². The normalized spacial score (nSPS) is 21.8. The van der Waals surface area contributed by atoms with Gasteiger partial charge in [0.25, 0.3) is 0 Å². The first-order valence-corrected chi connectivity index (χ1v) is 14.3. The highest BCUT2D eigenvalue weighted by Gasteiger charge is 2.42. The number of hydrogen-bond acceptors (Lipinski definition) is 5. The van der Waals surface area contributed by atoms with Gasteiger partial charge in [0.1, 0.15) is 10.5 Å². The number of esters is 1. The molecule has 0 N–H and O–H groups in total. The Morgan fingerprint density at radius 1 is 1.03 bits per heavy atom. The molecule has 5 heteroatoms. The molecule has 0 aliphatic heterocycles. The van der Waals surface area contributed by atoms with Crippen molar-refractivity contribution < 1.29 is 9.53 Å². The minimum atomic E-state index is -0.528. The van der Waals surface area contributed by atoms with E-state index >= 15 is 0 Å². The van der Waals surface area contributed by atoms with Crippen molar-refractivity contribution in [2.75, 3.05) is 12.5 Å². The van der Waals surface area contributed by atoms with Crippen molar-refractivity contribution in [3.8, 4) is 0 Å². The van der Waals surface area contributed by atoms with E-state index in [1.807, 2.05) is 30.7 Å². The fraction of sp³-hybridized carbons (Fsp3) is 0.500. The summed E-state index contributed by atoms with van der Waals surface area (Å²) in [7, 11) is 0. The minimum Gasteiger partial charge on any atom is -0.460 e. The number of nitrogens with zero attached hydrogens (tertiary/aromatic N) is 1. The second kappa shape index (κ2) is 12.1. The van der Waals surface area contributed by atoms with Gasteiger partial charge in [-0.3, -0.25) is 4.99 Å². The summed E-state index contributed by atoms with van der Waals surface area (Å²) >= 11 is 3.16. The number of carbonyl (C=O) groups excluding carboxylic acids is 1. The highest BCUT2D eigenvalue weighted by Crippen LogP contribution is 2.43. The molecule has 2 aromatic carbocycles. The Kier molecular flexibility index (Phi) is 9.51. The number of benzene rings is 2. The molecule has 1 saturated carbocycles. The average Bonchev–Trinajstić information content (AvgIpc) is 2.82. The molecule has 178 valence electrons. The first kappa shape index (κ1) is 25.9. The average molecular weight is 484 g/mol. The van der Waals surface area contributed by atoms with Gasteiger partial charge in [-0.1, -0.05) is 87.9 Å². The third kappa shape index (κ3) is 6.89. The number of hydrogen-bond donors (Lipinski definition) is 0. The van der Waals surface area contributed by atoms with Crippen molar-refractivity contribution in [2.24, 2.45) is 16.8 Å². The first-order chi connectivity index (χ1) is 15.8. The Labute approximate surface area is 208 Å². The van der Waals surface area contributed by atoms with E-state index in [-0.39, 0.29) is 23.4 Å². The summed E-state index contributed by atoms with van der Waals surface area (Å²) in [6.07, 6.45) is 7.60. The van der Waals surface area contributed by atoms with Crippen LogP contribution in [0, 0.1) is 11.8 Å². The van der Waals surface area contributed by atoms with Gasteiger partial charge in [0.15, 0.2) is 6.04 Å². The van der Waals surface area contributed by atoms with Crippen LogP contribution in [0.1, 0.15) is 51.2 Å². The summed E-state index contributed by atoms with van der Waals surface area (Å²) < 4.78 is 7.25. The Hall–Kier alpha value is -1.72. The first-order valence-electron chi connectivity index (χ1n) is 11.8. The largest absolute Gasteiger partial charge is 0.460 e. The lowest BCUT2D eigenvalue weighted by Crippen LogP contribution is -2.44. The van der Waals surface area contributed by atoms with Gasteiger partial charge in [0.2, 0.25) is 0 Å². The third-order valence-corrected chi connectivity index (χ3v) is 8.83. The van der Waals surface area contributed by atoms with E-state index in [2.05, 4.69) is 63.2 Å². The van der Waals surface area contributed by atoms with Crippen molar-refractivity contribution in [3.63, 3.8) is 0 Å². The van der Waals surface area contributed by atoms with Gasteiger partial charge in [-0.2, -0.15) is 0 Å². The summed E-state index contributed by atoms with van der Waals surface area (Å²) in [5, 5.41) is 0. The van der Waals surface area contributed by atoms with Crippen molar-refractivity contribution in [3.05, 3.63) is 71.8 Å². The van der Waals surface area contributed by atoms with Gasteiger partial charge >= 0.3 is 5.97 Å². The van der Waals surface area contributed by atoms with Crippen LogP contribution < -0.4 is 0 Å². The molecule has 0 heterocycles. The second-order valence-corrected chi connectivity index (χ2v) is 11.4. The maximum atomic E-state index is 13.6. The molecule has 1 aliphatic rings. The molecular weight excluding hydrogens is 446 g/mol. The lowest BCUT2D eigenvalue weighted by Gasteiger charge is -2.44. The molecule has 33 heavy (non-hydrogen) atoms. The molecule has 1 fully saturated rings. The zero-order valence-corrected chi connectivity index (χ0v) is 22.1. The molecule has 3 nitrogen and oxygen atoms in total. The SMILES string of the molecule is CSC(=N[C@@H](Cc1ccccc1)C(=O)O[C@@H]1C[C@H](C)CC[C@H]1C(C)(C)c1ccccc1)SC. The number of carbonyl (C=O) groups is 1. The minimum absolute atomic E-state index is 0.0752. The highest BCUT2D eigenvalue weighted by atomic mass is 32.2. The van der Waals surface area contributed by atoms with Crippen LogP contribution in [-0.4, -0.2) is 35.0 Å². The molecule has 0 saturated heterocycles. The summed E-state index contributed by atoms with van der Waals surface area (Å²) in [5.74, 6) is 0.629. The van der Waals surface area contributed by atoms with E-state index in [0.717, 1.165) is 22.8 Å². The number of ether oxygens (including phenoxy) is 1. The monoisotopic (exact) mass is 483 g/mol. The van der Waals surface area contributed by atoms with E-state index in [9.17, 15) is 4.79 Å². The van der Waals surface area contributed by atoms with Crippen LogP contribution in [0.3, 0.4) is 0 Å². The molecule has 0 radical (unpaired) electrons. The lowest BCUT2D eigenvalue weighted by molar-refractivity contribution is -0.158. The standard InChI is InChI=1S/C28H37NO2S2/c1-20-16-17-23(28(2,3)22-14-10-7-11-15-22)25(18-20)31-26(30)24(29-27(32-4)33-5)19-21-12-8-6-9-13-21/h6-15,20,23-25H,16-19H2,1-5H3/t20-,23-,24+,25-/m1/s1. The Balaban J connectivity index is 1.85. The molecule has 1 aliphatic carbocycles. The van der Waals surface area contributed by atoms with Gasteiger partial charge in [0.05, 0.1) is 0 Å². The quantitative estimate of drug-likeness (QED) is 0.241. The Morgan fingerprint density at radius 3 is 2.24 bits per heavy atom. The van der Waals surface area contributed by atoms with E-state index in [0.29, 0.717) is 12.3 Å². The fourth-order valence-electron chi connectivity index (χ4n) is 4.93. The summed E-state index contributed by atoms with van der Waals surface area (Å²) in [6, 6.07) is 20.2. The van der Waals surface area contributed by atoms with Crippen LogP contribution >= 0.6 is 23.5 Å². The molecule has 0 spiro atoms. The number of thioether (sulfide) groups is 2. The molecule has 0 amide bonds. The lowest BCUT2D eigenvalue weighted by atomic mass is 9.64. The van der Waals surface area contributed by atoms with E-state index in [1.165, 1.54) is 12.0 Å². The molecule has 3 rings (SSSR count). The smallest absolute Gasteiger partial charge is 0.331 e. The van der Waals surface area contributed by atoms with Crippen LogP contribution in [0.25, 0.3) is 0 Å². The van der Waals surface area contributed by atoms with Gasteiger partial charge < -0.3 is 4.74 Å². The maximum Gasteiger partial charge on any atom is 0.331 e. The van der Waals surface area contributed by atoms with Crippen molar-refractivity contribution in [1.82, 2.24) is 0 Å². The Morgan fingerprint density at radius 2 is 1.64 bits per heavy atom. The van der Waals surface area contributed by atoms with Crippen LogP contribution in [0.15, 0.2) is 65.7 Å². The summed E-state index contributed by atoms with van der Waals surface area (Å²) in [6.45, 7) is 6.86. The van der Waals surface area contributed by atoms with Crippen molar-refractivity contribution in [2.45, 2.75) is 64.0 Å². The second-order valence-electron chi connectivity index (χ2n) is 9.60. The van der Waals surface area contributed by atoms with Crippen molar-refractivity contribution >= 4 is 33.9 Å². The summed E-state index contributed by atoms with van der Waals surface area (Å²) in [5.41, 5.74) is 2.33. The predicted molar refractivity (Wildman–Crippen MR) is 144 cm³/mol. The molecular formula is C28H37NO2S2. The molecule has 4 atom stereocenters. The predicted octanol–water partition coefficient (Wildman–Crippen LogP) is 7.01. The highest BCUT2D eigenvalue weighted by molar-refractivity contribution is 8.38. The van der Waals surface area contributed by atoms with Gasteiger partial charge in [-0.15, -0.1) is 23.5 Å². The van der Waals surface area contributed by atoms with Gasteiger partial charge in [0, 0.05) is 12.3 Å². The third-order valence-electron chi connectivity index (χ3n) is 6.92.